The van der Waals surface area contributed by atoms with Crippen molar-refractivity contribution < 1.29 is 19.8 Å². The van der Waals surface area contributed by atoms with Crippen LogP contribution >= 0.6 is 0 Å². The quantitative estimate of drug-likeness (QED) is 0.484. The van der Waals surface area contributed by atoms with Crippen LogP contribution in [0.25, 0.3) is 0 Å². The minimum atomic E-state index is -1.93. The van der Waals surface area contributed by atoms with E-state index in [4.69, 9.17) is 10.8 Å². The van der Waals surface area contributed by atoms with E-state index >= 15 is 0 Å². The maximum absolute atomic E-state index is 11.6. The normalized spacial score (nSPS) is 15.9. The summed E-state index contributed by atoms with van der Waals surface area (Å²) in [5.41, 5.74) is 3.60. The maximum atomic E-state index is 11.6. The summed E-state index contributed by atoms with van der Waals surface area (Å²) in [7, 11) is 0. The Labute approximate surface area is 114 Å². The highest BCUT2D eigenvalue weighted by atomic mass is 16.4. The molecule has 0 bridgehead atoms. The average Bonchev–Trinajstić information content (AvgIpc) is 2.31. The highest BCUT2D eigenvalue weighted by Gasteiger charge is 2.30. The fourth-order valence-electron chi connectivity index (χ4n) is 1.78. The molecule has 0 fully saturated rings. The third kappa shape index (κ3) is 7.12. The first-order chi connectivity index (χ1) is 8.70. The molecule has 6 nitrogen and oxygen atoms in total. The van der Waals surface area contributed by atoms with Gasteiger partial charge in [-0.25, -0.2) is 4.79 Å². The molecule has 0 radical (unpaired) electrons. The van der Waals surface area contributed by atoms with Gasteiger partial charge in [0.1, 0.15) is 0 Å². The predicted octanol–water partition coefficient (Wildman–Crippen LogP) is 0.339. The smallest absolute Gasteiger partial charge is 0.337 e. The zero-order chi connectivity index (χ0) is 15.1. The van der Waals surface area contributed by atoms with E-state index < -0.39 is 11.6 Å². The molecule has 0 spiro atoms. The summed E-state index contributed by atoms with van der Waals surface area (Å²) in [5.74, 6) is -0.755. The molecular weight excluding hydrogens is 248 g/mol. The Morgan fingerprint density at radius 3 is 2.32 bits per heavy atom. The maximum Gasteiger partial charge on any atom is 0.337 e. The summed E-state index contributed by atoms with van der Waals surface area (Å²) < 4.78 is 0. The number of nitrogens with one attached hydrogen (secondary N) is 1. The Bertz CT molecular complexity index is 303. The number of carboxylic acid groups (broad SMARTS) is 1. The van der Waals surface area contributed by atoms with Gasteiger partial charge in [-0.1, -0.05) is 13.8 Å². The first-order valence-corrected chi connectivity index (χ1v) is 6.63. The number of amides is 1. The van der Waals surface area contributed by atoms with Gasteiger partial charge >= 0.3 is 5.97 Å². The Morgan fingerprint density at radius 1 is 1.32 bits per heavy atom. The van der Waals surface area contributed by atoms with Crippen LogP contribution in [0.1, 0.15) is 40.0 Å². The van der Waals surface area contributed by atoms with Gasteiger partial charge in [-0.2, -0.15) is 0 Å². The van der Waals surface area contributed by atoms with Crippen molar-refractivity contribution in [2.45, 2.75) is 45.6 Å². The highest BCUT2D eigenvalue weighted by molar-refractivity contribution is 5.80. The molecule has 0 aliphatic rings. The monoisotopic (exact) mass is 274 g/mol. The minimum Gasteiger partial charge on any atom is -0.479 e. The predicted molar refractivity (Wildman–Crippen MR) is 72.5 cm³/mol. The van der Waals surface area contributed by atoms with Crippen LogP contribution in [0.5, 0.6) is 0 Å². The van der Waals surface area contributed by atoms with Crippen molar-refractivity contribution in [3.8, 4) is 0 Å². The summed E-state index contributed by atoms with van der Waals surface area (Å²) >= 11 is 0. The zero-order valence-corrected chi connectivity index (χ0v) is 12.0. The highest BCUT2D eigenvalue weighted by Crippen LogP contribution is 2.20. The van der Waals surface area contributed by atoms with Crippen molar-refractivity contribution in [2.24, 2.45) is 17.6 Å². The van der Waals surface area contributed by atoms with E-state index in [0.717, 1.165) is 19.8 Å². The van der Waals surface area contributed by atoms with Gasteiger partial charge in [0.05, 0.1) is 6.54 Å². The largest absolute Gasteiger partial charge is 0.479 e. The molecule has 0 aliphatic heterocycles. The Kier molecular flexibility index (Phi) is 7.63. The number of hydrogen-bond acceptors (Lipinski definition) is 4. The molecule has 0 aromatic heterocycles. The van der Waals surface area contributed by atoms with Crippen molar-refractivity contribution in [3.05, 3.63) is 0 Å². The minimum absolute atomic E-state index is 0.246. The van der Waals surface area contributed by atoms with Crippen molar-refractivity contribution in [2.75, 3.05) is 13.1 Å². The third-order valence-corrected chi connectivity index (χ3v) is 3.31. The number of aliphatic hydroxyl groups is 1. The first-order valence-electron chi connectivity index (χ1n) is 6.63. The van der Waals surface area contributed by atoms with Gasteiger partial charge in [0, 0.05) is 6.42 Å². The molecule has 0 saturated heterocycles. The van der Waals surface area contributed by atoms with E-state index in [1.807, 2.05) is 0 Å². The van der Waals surface area contributed by atoms with E-state index in [-0.39, 0.29) is 12.5 Å². The summed E-state index contributed by atoms with van der Waals surface area (Å²) in [5, 5.41) is 20.6. The lowest BCUT2D eigenvalue weighted by atomic mass is 9.88. The van der Waals surface area contributed by atoms with Crippen molar-refractivity contribution in [1.29, 1.82) is 0 Å². The van der Waals surface area contributed by atoms with Crippen LogP contribution < -0.4 is 11.1 Å². The Morgan fingerprint density at radius 2 is 1.89 bits per heavy atom. The second-order valence-corrected chi connectivity index (χ2v) is 5.48. The van der Waals surface area contributed by atoms with Crippen LogP contribution in [0.4, 0.5) is 0 Å². The first kappa shape index (κ1) is 17.9. The third-order valence-electron chi connectivity index (χ3n) is 3.31. The van der Waals surface area contributed by atoms with Gasteiger partial charge < -0.3 is 21.3 Å². The van der Waals surface area contributed by atoms with Crippen molar-refractivity contribution in [1.82, 2.24) is 5.32 Å². The zero-order valence-electron chi connectivity index (χ0n) is 12.0. The second-order valence-electron chi connectivity index (χ2n) is 5.48. The molecule has 0 saturated carbocycles. The molecule has 1 amide bonds. The molecule has 112 valence electrons. The van der Waals surface area contributed by atoms with Gasteiger partial charge in [-0.05, 0) is 38.1 Å². The SMILES string of the molecule is CC(C)C(CCN)CCC(=O)NCC(C)(O)C(=O)O. The summed E-state index contributed by atoms with van der Waals surface area (Å²) in [6.45, 7) is 5.64. The summed E-state index contributed by atoms with van der Waals surface area (Å²) in [4.78, 5) is 22.3. The molecule has 0 aromatic carbocycles. The van der Waals surface area contributed by atoms with Crippen LogP contribution in [-0.2, 0) is 9.59 Å². The molecule has 0 heterocycles. The molecule has 0 rings (SSSR count). The number of rotatable bonds is 9. The van der Waals surface area contributed by atoms with Crippen LogP contribution in [-0.4, -0.2) is 40.8 Å². The molecule has 2 atom stereocenters. The lowest BCUT2D eigenvalue weighted by molar-refractivity contribution is -0.156. The topological polar surface area (TPSA) is 113 Å². The molecule has 19 heavy (non-hydrogen) atoms. The van der Waals surface area contributed by atoms with E-state index in [1.165, 1.54) is 0 Å². The van der Waals surface area contributed by atoms with Gasteiger partial charge in [0.15, 0.2) is 5.60 Å². The number of carbonyl (C=O) groups is 2. The average molecular weight is 274 g/mol. The molecule has 2 unspecified atom stereocenters. The molecule has 6 heteroatoms. The number of carbonyl (C=O) groups excluding carboxylic acids is 1. The molecular formula is C13H26N2O4. The van der Waals surface area contributed by atoms with Crippen LogP contribution in [0.3, 0.4) is 0 Å². The van der Waals surface area contributed by atoms with Gasteiger partial charge in [-0.15, -0.1) is 0 Å². The number of nitrogens with two attached hydrogens (primary N) is 1. The van der Waals surface area contributed by atoms with Crippen molar-refractivity contribution in [3.63, 3.8) is 0 Å². The van der Waals surface area contributed by atoms with Gasteiger partial charge in [0.25, 0.3) is 0 Å². The van der Waals surface area contributed by atoms with Crippen LogP contribution in [0, 0.1) is 11.8 Å². The number of aliphatic carboxylic acids is 1. The standard InChI is InChI=1S/C13H26N2O4/c1-9(2)10(6-7-14)4-5-11(16)15-8-13(3,19)12(17)18/h9-10,19H,4-8,14H2,1-3H3,(H,15,16)(H,17,18). The fraction of sp³-hybridized carbons (Fsp3) is 0.846. The van der Waals surface area contributed by atoms with Crippen LogP contribution in [0.2, 0.25) is 0 Å². The number of carboxylic acids is 1. The fourth-order valence-corrected chi connectivity index (χ4v) is 1.78. The van der Waals surface area contributed by atoms with Crippen molar-refractivity contribution >= 4 is 11.9 Å². The van der Waals surface area contributed by atoms with E-state index in [9.17, 15) is 14.7 Å². The lowest BCUT2D eigenvalue weighted by Gasteiger charge is -2.21. The van der Waals surface area contributed by atoms with E-state index in [2.05, 4.69) is 19.2 Å². The molecule has 0 aliphatic carbocycles. The Hall–Kier alpha value is -1.14. The summed E-state index contributed by atoms with van der Waals surface area (Å²) in [6, 6.07) is 0. The van der Waals surface area contributed by atoms with Gasteiger partial charge in [-0.3, -0.25) is 4.79 Å². The lowest BCUT2D eigenvalue weighted by Crippen LogP contribution is -2.46. The van der Waals surface area contributed by atoms with E-state index in [0.29, 0.717) is 24.8 Å². The van der Waals surface area contributed by atoms with E-state index in [1.54, 1.807) is 0 Å². The summed E-state index contributed by atoms with van der Waals surface area (Å²) in [6.07, 6.45) is 1.91. The second kappa shape index (κ2) is 8.12. The Balaban J connectivity index is 4.08. The molecule has 5 N–H and O–H groups in total. The number of hydrogen-bond donors (Lipinski definition) is 4. The van der Waals surface area contributed by atoms with Crippen LogP contribution in [0.15, 0.2) is 0 Å². The van der Waals surface area contributed by atoms with Gasteiger partial charge in [0.2, 0.25) is 5.91 Å². The molecule has 0 aromatic rings.